The molecule has 1 unspecified atom stereocenters. The Kier molecular flexibility index (Phi) is 4.80. The fraction of sp³-hybridized carbons (Fsp3) is 0.471. The number of benzene rings is 1. The SMILES string of the molecule is CC(C)n1cc(CNC2CCN(c3ccccc3C(N)=O)C2)nn1. The molecule has 0 bridgehead atoms. The maximum Gasteiger partial charge on any atom is 0.250 e. The number of anilines is 1. The predicted molar refractivity (Wildman–Crippen MR) is 92.8 cm³/mol. The summed E-state index contributed by atoms with van der Waals surface area (Å²) in [5, 5.41) is 11.8. The number of nitrogens with one attached hydrogen (secondary N) is 1. The number of nitrogens with two attached hydrogens (primary N) is 1. The highest BCUT2D eigenvalue weighted by atomic mass is 16.1. The topological polar surface area (TPSA) is 89.1 Å². The molecular weight excluding hydrogens is 304 g/mol. The van der Waals surface area contributed by atoms with Crippen molar-refractivity contribution in [1.29, 1.82) is 0 Å². The molecule has 1 aliphatic rings. The van der Waals surface area contributed by atoms with E-state index in [-0.39, 0.29) is 5.91 Å². The van der Waals surface area contributed by atoms with Gasteiger partial charge in [0.1, 0.15) is 0 Å². The van der Waals surface area contributed by atoms with Crippen molar-refractivity contribution in [2.24, 2.45) is 5.73 Å². The van der Waals surface area contributed by atoms with Crippen LogP contribution in [0.2, 0.25) is 0 Å². The van der Waals surface area contributed by atoms with Crippen LogP contribution in [0.4, 0.5) is 5.69 Å². The number of aromatic nitrogens is 3. The van der Waals surface area contributed by atoms with E-state index in [0.29, 0.717) is 24.2 Å². The zero-order valence-electron chi connectivity index (χ0n) is 14.1. The maximum absolute atomic E-state index is 11.6. The molecule has 24 heavy (non-hydrogen) atoms. The Morgan fingerprint density at radius 1 is 1.42 bits per heavy atom. The Balaban J connectivity index is 1.58. The average molecular weight is 328 g/mol. The molecule has 2 aromatic rings. The van der Waals surface area contributed by atoms with E-state index in [9.17, 15) is 4.79 Å². The molecule has 0 spiro atoms. The first-order valence-electron chi connectivity index (χ1n) is 8.32. The fourth-order valence-electron chi connectivity index (χ4n) is 3.00. The second-order valence-electron chi connectivity index (χ2n) is 6.48. The number of nitrogens with zero attached hydrogens (tertiary/aromatic N) is 4. The molecule has 1 atom stereocenters. The largest absolute Gasteiger partial charge is 0.369 e. The minimum atomic E-state index is -0.382. The summed E-state index contributed by atoms with van der Waals surface area (Å²) in [6, 6.07) is 8.19. The number of carbonyl (C=O) groups excluding carboxylic acids is 1. The second kappa shape index (κ2) is 7.00. The summed E-state index contributed by atoms with van der Waals surface area (Å²) in [4.78, 5) is 13.8. The molecule has 2 heterocycles. The zero-order chi connectivity index (χ0) is 17.1. The number of amides is 1. The summed E-state index contributed by atoms with van der Waals surface area (Å²) >= 11 is 0. The van der Waals surface area contributed by atoms with Gasteiger partial charge < -0.3 is 16.0 Å². The lowest BCUT2D eigenvalue weighted by molar-refractivity contribution is 0.100. The molecule has 3 rings (SSSR count). The lowest BCUT2D eigenvalue weighted by atomic mass is 10.1. The minimum absolute atomic E-state index is 0.318. The number of primary amides is 1. The van der Waals surface area contributed by atoms with E-state index in [4.69, 9.17) is 5.73 Å². The average Bonchev–Trinajstić information content (AvgIpc) is 3.22. The first kappa shape index (κ1) is 16.4. The highest BCUT2D eigenvalue weighted by Gasteiger charge is 2.25. The fourth-order valence-corrected chi connectivity index (χ4v) is 3.00. The van der Waals surface area contributed by atoms with Crippen LogP contribution in [0.5, 0.6) is 0 Å². The number of rotatable bonds is 6. The van der Waals surface area contributed by atoms with Gasteiger partial charge in [0, 0.05) is 37.4 Å². The van der Waals surface area contributed by atoms with Gasteiger partial charge in [0.15, 0.2) is 0 Å². The van der Waals surface area contributed by atoms with E-state index < -0.39 is 0 Å². The van der Waals surface area contributed by atoms with Crippen LogP contribution in [0.1, 0.15) is 42.4 Å². The van der Waals surface area contributed by atoms with Crippen LogP contribution in [0.25, 0.3) is 0 Å². The van der Waals surface area contributed by atoms with E-state index >= 15 is 0 Å². The Labute approximate surface area is 141 Å². The third kappa shape index (κ3) is 3.56. The van der Waals surface area contributed by atoms with Gasteiger partial charge in [-0.2, -0.15) is 0 Å². The quantitative estimate of drug-likeness (QED) is 0.835. The molecule has 1 aliphatic heterocycles. The van der Waals surface area contributed by atoms with Gasteiger partial charge in [0.05, 0.1) is 17.5 Å². The van der Waals surface area contributed by atoms with Gasteiger partial charge in [-0.1, -0.05) is 17.3 Å². The van der Waals surface area contributed by atoms with E-state index in [0.717, 1.165) is 30.9 Å². The van der Waals surface area contributed by atoms with Crippen LogP contribution in [0.3, 0.4) is 0 Å². The molecule has 128 valence electrons. The normalized spacial score (nSPS) is 17.6. The molecule has 1 fully saturated rings. The second-order valence-corrected chi connectivity index (χ2v) is 6.48. The van der Waals surface area contributed by atoms with E-state index in [1.807, 2.05) is 29.1 Å². The van der Waals surface area contributed by atoms with Gasteiger partial charge in [0.25, 0.3) is 5.91 Å². The number of hydrogen-bond donors (Lipinski definition) is 2. The van der Waals surface area contributed by atoms with Gasteiger partial charge in [-0.15, -0.1) is 5.10 Å². The van der Waals surface area contributed by atoms with Crippen LogP contribution < -0.4 is 16.0 Å². The van der Waals surface area contributed by atoms with Crippen LogP contribution in [0, 0.1) is 0 Å². The van der Waals surface area contributed by atoms with Crippen LogP contribution >= 0.6 is 0 Å². The summed E-state index contributed by atoms with van der Waals surface area (Å²) < 4.78 is 1.86. The van der Waals surface area contributed by atoms with Gasteiger partial charge in [-0.05, 0) is 32.4 Å². The molecular formula is C17H24N6O. The van der Waals surface area contributed by atoms with Crippen molar-refractivity contribution >= 4 is 11.6 Å². The predicted octanol–water partition coefficient (Wildman–Crippen LogP) is 1.33. The standard InChI is InChI=1S/C17H24N6O/c1-12(2)23-11-14(20-21-23)9-19-13-7-8-22(10-13)16-6-4-3-5-15(16)17(18)24/h3-6,11-13,19H,7-10H2,1-2H3,(H2,18,24). The van der Waals surface area contributed by atoms with Crippen molar-refractivity contribution in [2.75, 3.05) is 18.0 Å². The van der Waals surface area contributed by atoms with Gasteiger partial charge in [0.2, 0.25) is 0 Å². The zero-order valence-corrected chi connectivity index (χ0v) is 14.1. The van der Waals surface area contributed by atoms with Crippen molar-refractivity contribution in [1.82, 2.24) is 20.3 Å². The highest BCUT2D eigenvalue weighted by molar-refractivity contribution is 5.98. The molecule has 1 amide bonds. The van der Waals surface area contributed by atoms with Crippen molar-refractivity contribution in [3.05, 3.63) is 41.7 Å². The summed E-state index contributed by atoms with van der Waals surface area (Å²) in [5.74, 6) is -0.382. The third-order valence-electron chi connectivity index (χ3n) is 4.36. The van der Waals surface area contributed by atoms with E-state index in [1.54, 1.807) is 6.07 Å². The maximum atomic E-state index is 11.6. The smallest absolute Gasteiger partial charge is 0.250 e. The summed E-state index contributed by atoms with van der Waals surface area (Å²) in [6.45, 7) is 6.61. The lowest BCUT2D eigenvalue weighted by Gasteiger charge is -2.21. The molecule has 7 nitrogen and oxygen atoms in total. The summed E-state index contributed by atoms with van der Waals surface area (Å²) in [5.41, 5.74) is 7.92. The van der Waals surface area contributed by atoms with Crippen LogP contribution in [-0.2, 0) is 6.54 Å². The van der Waals surface area contributed by atoms with Gasteiger partial charge >= 0.3 is 0 Å². The number of para-hydroxylation sites is 1. The van der Waals surface area contributed by atoms with Crippen LogP contribution in [0.15, 0.2) is 30.5 Å². The Hall–Kier alpha value is -2.41. The lowest BCUT2D eigenvalue weighted by Crippen LogP contribution is -2.32. The first-order chi connectivity index (χ1) is 11.5. The Bertz CT molecular complexity index is 711. The molecule has 1 aromatic carbocycles. The Morgan fingerprint density at radius 2 is 2.21 bits per heavy atom. The molecule has 7 heteroatoms. The molecule has 0 aliphatic carbocycles. The number of carbonyl (C=O) groups is 1. The summed E-state index contributed by atoms with van der Waals surface area (Å²) in [7, 11) is 0. The molecule has 1 saturated heterocycles. The molecule has 1 aromatic heterocycles. The number of hydrogen-bond acceptors (Lipinski definition) is 5. The molecule has 0 saturated carbocycles. The minimum Gasteiger partial charge on any atom is -0.369 e. The van der Waals surface area contributed by atoms with Crippen molar-refractivity contribution in [3.63, 3.8) is 0 Å². The van der Waals surface area contributed by atoms with Crippen molar-refractivity contribution in [2.45, 2.75) is 38.9 Å². The van der Waals surface area contributed by atoms with Crippen molar-refractivity contribution in [3.8, 4) is 0 Å². The monoisotopic (exact) mass is 328 g/mol. The van der Waals surface area contributed by atoms with Crippen molar-refractivity contribution < 1.29 is 4.79 Å². The van der Waals surface area contributed by atoms with Crippen LogP contribution in [-0.4, -0.2) is 40.0 Å². The first-order valence-corrected chi connectivity index (χ1v) is 8.32. The van der Waals surface area contributed by atoms with Gasteiger partial charge in [-0.25, -0.2) is 4.68 Å². The summed E-state index contributed by atoms with van der Waals surface area (Å²) in [6.07, 6.45) is 3.00. The van der Waals surface area contributed by atoms with E-state index in [2.05, 4.69) is 34.4 Å². The van der Waals surface area contributed by atoms with Gasteiger partial charge in [-0.3, -0.25) is 4.79 Å². The highest BCUT2D eigenvalue weighted by Crippen LogP contribution is 2.24. The molecule has 0 radical (unpaired) electrons. The molecule has 3 N–H and O–H groups in total. The van der Waals surface area contributed by atoms with E-state index in [1.165, 1.54) is 0 Å². The Morgan fingerprint density at radius 3 is 2.92 bits per heavy atom. The third-order valence-corrected chi connectivity index (χ3v) is 4.36.